The fourth-order valence-corrected chi connectivity index (χ4v) is 3.99. The van der Waals surface area contributed by atoms with Gasteiger partial charge in [-0.25, -0.2) is 0 Å². The number of alkyl halides is 3. The Morgan fingerprint density at radius 2 is 1.70 bits per heavy atom. The van der Waals surface area contributed by atoms with Gasteiger partial charge in [0.2, 0.25) is 0 Å². The standard InChI is InChI=1S/C25H22F3NO/c1-3-8-21(30)20-14-19(18-11-5-4-6-12-18)23-24(22(20)25(26,27)28)29(23)15-17-10-7-9-16(2)13-17/h4-7,9-14H,3,8,15H2,1-2H3. The lowest BCUT2D eigenvalue weighted by Gasteiger charge is -2.12. The number of rotatable bonds is 6. The van der Waals surface area contributed by atoms with Crippen molar-refractivity contribution >= 4 is 17.2 Å². The van der Waals surface area contributed by atoms with Gasteiger partial charge in [0.05, 0.1) is 16.9 Å². The van der Waals surface area contributed by atoms with Crippen molar-refractivity contribution in [1.29, 1.82) is 0 Å². The Bertz CT molecular complexity index is 1100. The highest BCUT2D eigenvalue weighted by Crippen LogP contribution is 2.61. The van der Waals surface area contributed by atoms with E-state index in [0.29, 0.717) is 24.2 Å². The van der Waals surface area contributed by atoms with Gasteiger partial charge in [-0.15, -0.1) is 0 Å². The van der Waals surface area contributed by atoms with Gasteiger partial charge in [0, 0.05) is 24.1 Å². The third-order valence-electron chi connectivity index (χ3n) is 5.33. The number of Topliss-reactive ketones (excluding diaryl/α,β-unsaturated/α-hetero) is 1. The van der Waals surface area contributed by atoms with E-state index in [4.69, 9.17) is 0 Å². The summed E-state index contributed by atoms with van der Waals surface area (Å²) in [6.07, 6.45) is -4.01. The maximum atomic E-state index is 14.1. The van der Waals surface area contributed by atoms with Crippen LogP contribution in [0.2, 0.25) is 0 Å². The summed E-state index contributed by atoms with van der Waals surface area (Å²) in [6.45, 7) is 4.09. The van der Waals surface area contributed by atoms with Gasteiger partial charge in [0.15, 0.2) is 5.78 Å². The molecule has 0 saturated carbocycles. The topological polar surface area (TPSA) is 20.1 Å². The van der Waals surface area contributed by atoms with Crippen LogP contribution in [0.3, 0.4) is 0 Å². The monoisotopic (exact) mass is 409 g/mol. The van der Waals surface area contributed by atoms with Crippen LogP contribution in [-0.2, 0) is 12.7 Å². The molecule has 5 heteroatoms. The van der Waals surface area contributed by atoms with Crippen molar-refractivity contribution in [2.75, 3.05) is 4.90 Å². The molecule has 0 unspecified atom stereocenters. The molecule has 0 amide bonds. The van der Waals surface area contributed by atoms with Crippen LogP contribution in [0.25, 0.3) is 11.1 Å². The van der Waals surface area contributed by atoms with Crippen molar-refractivity contribution in [2.24, 2.45) is 0 Å². The zero-order valence-corrected chi connectivity index (χ0v) is 16.9. The molecule has 0 atom stereocenters. The van der Waals surface area contributed by atoms with Crippen molar-refractivity contribution < 1.29 is 18.0 Å². The Kier molecular flexibility index (Phi) is 5.14. The maximum Gasteiger partial charge on any atom is 0.419 e. The smallest absolute Gasteiger partial charge is 0.333 e. The molecule has 0 aliphatic carbocycles. The number of carbonyl (C=O) groups excluding carboxylic acids is 1. The van der Waals surface area contributed by atoms with Crippen LogP contribution in [0.15, 0.2) is 60.7 Å². The molecule has 0 N–H and O–H groups in total. The van der Waals surface area contributed by atoms with Crippen LogP contribution in [0, 0.1) is 6.92 Å². The minimum Gasteiger partial charge on any atom is -0.333 e. The van der Waals surface area contributed by atoms with E-state index in [2.05, 4.69) is 0 Å². The number of hydrogen-bond donors (Lipinski definition) is 0. The molecule has 2 nitrogen and oxygen atoms in total. The van der Waals surface area contributed by atoms with Crippen LogP contribution in [-0.4, -0.2) is 5.78 Å². The Labute approximate surface area is 174 Å². The zero-order valence-electron chi connectivity index (χ0n) is 16.9. The van der Waals surface area contributed by atoms with Crippen LogP contribution in [0.4, 0.5) is 24.5 Å². The summed E-state index contributed by atoms with van der Waals surface area (Å²) in [5.74, 6) is -0.466. The second-order valence-electron chi connectivity index (χ2n) is 7.66. The summed E-state index contributed by atoms with van der Waals surface area (Å²) in [4.78, 5) is 14.3. The average Bonchev–Trinajstić information content (AvgIpc) is 3.40. The Balaban J connectivity index is 1.88. The number of fused-ring (bicyclic) bond motifs is 1. The van der Waals surface area contributed by atoms with Crippen LogP contribution < -0.4 is 4.90 Å². The van der Waals surface area contributed by atoms with Crippen LogP contribution in [0.1, 0.15) is 46.8 Å². The fraction of sp³-hybridized carbons (Fsp3) is 0.240. The van der Waals surface area contributed by atoms with Gasteiger partial charge in [-0.05, 0) is 30.5 Å². The molecule has 0 radical (unpaired) electrons. The van der Waals surface area contributed by atoms with Crippen molar-refractivity contribution in [3.8, 4) is 11.1 Å². The molecular weight excluding hydrogens is 387 g/mol. The largest absolute Gasteiger partial charge is 0.419 e. The van der Waals surface area contributed by atoms with Crippen molar-refractivity contribution in [1.82, 2.24) is 0 Å². The molecule has 3 aromatic rings. The summed E-state index contributed by atoms with van der Waals surface area (Å²) in [6, 6.07) is 18.4. The summed E-state index contributed by atoms with van der Waals surface area (Å²) in [5, 5.41) is 0. The molecule has 0 aromatic heterocycles. The predicted octanol–water partition coefficient (Wildman–Crippen LogP) is 7.32. The number of halogens is 3. The molecule has 1 heterocycles. The molecule has 0 fully saturated rings. The van der Waals surface area contributed by atoms with Gasteiger partial charge >= 0.3 is 6.18 Å². The zero-order chi connectivity index (χ0) is 21.5. The van der Waals surface area contributed by atoms with Crippen molar-refractivity contribution in [2.45, 2.75) is 39.4 Å². The SMILES string of the molecule is CCCC(=O)c1cc(-c2ccccc2)c2c(c1C(F)(F)F)N2Cc1cccc(C)c1. The van der Waals surface area contributed by atoms with E-state index in [9.17, 15) is 18.0 Å². The van der Waals surface area contributed by atoms with Crippen LogP contribution in [0.5, 0.6) is 0 Å². The number of hydrogen-bond acceptors (Lipinski definition) is 2. The van der Waals surface area contributed by atoms with Gasteiger partial charge in [0.1, 0.15) is 0 Å². The van der Waals surface area contributed by atoms with Gasteiger partial charge in [-0.2, -0.15) is 13.2 Å². The maximum absolute atomic E-state index is 14.1. The number of ketones is 1. The van der Waals surface area contributed by atoms with Gasteiger partial charge in [0.25, 0.3) is 0 Å². The highest BCUT2D eigenvalue weighted by Gasteiger charge is 2.48. The van der Waals surface area contributed by atoms with E-state index in [1.165, 1.54) is 6.07 Å². The van der Waals surface area contributed by atoms with E-state index in [1.807, 2.05) is 61.5 Å². The highest BCUT2D eigenvalue weighted by atomic mass is 19.4. The molecule has 3 aromatic carbocycles. The lowest BCUT2D eigenvalue weighted by atomic mass is 9.95. The fourth-order valence-electron chi connectivity index (χ4n) is 3.99. The molecule has 30 heavy (non-hydrogen) atoms. The number of benzene rings is 3. The Hall–Kier alpha value is -3.08. The Morgan fingerprint density at radius 3 is 2.33 bits per heavy atom. The second-order valence-corrected chi connectivity index (χ2v) is 7.66. The van der Waals surface area contributed by atoms with Crippen LogP contribution >= 0.6 is 0 Å². The van der Waals surface area contributed by atoms with Crippen molar-refractivity contribution in [3.63, 3.8) is 0 Å². The highest BCUT2D eigenvalue weighted by molar-refractivity contribution is 6.12. The van der Waals surface area contributed by atoms with E-state index in [-0.39, 0.29) is 17.7 Å². The minimum atomic E-state index is -4.60. The molecular formula is C25H22F3NO. The minimum absolute atomic E-state index is 0.0912. The summed E-state index contributed by atoms with van der Waals surface area (Å²) >= 11 is 0. The first-order valence-corrected chi connectivity index (χ1v) is 10.0. The summed E-state index contributed by atoms with van der Waals surface area (Å²) < 4.78 is 42.2. The molecule has 0 saturated heterocycles. The number of nitrogens with zero attached hydrogens (tertiary/aromatic N) is 1. The first kappa shape index (κ1) is 20.2. The third-order valence-corrected chi connectivity index (χ3v) is 5.33. The lowest BCUT2D eigenvalue weighted by molar-refractivity contribution is -0.137. The number of anilines is 2. The van der Waals surface area contributed by atoms with Crippen molar-refractivity contribution in [3.05, 3.63) is 82.9 Å². The molecule has 154 valence electrons. The third kappa shape index (κ3) is 3.72. The van der Waals surface area contributed by atoms with E-state index < -0.39 is 17.5 Å². The first-order valence-electron chi connectivity index (χ1n) is 10.0. The molecule has 1 aliphatic heterocycles. The first-order chi connectivity index (χ1) is 14.3. The van der Waals surface area contributed by atoms with E-state index in [1.54, 1.807) is 11.8 Å². The van der Waals surface area contributed by atoms with Gasteiger partial charge in [-0.3, -0.25) is 4.79 Å². The second kappa shape index (κ2) is 7.63. The number of aryl methyl sites for hydroxylation is 1. The Morgan fingerprint density at radius 1 is 0.967 bits per heavy atom. The normalized spacial score (nSPS) is 12.6. The average molecular weight is 409 g/mol. The molecule has 1 aliphatic rings. The molecule has 4 rings (SSSR count). The molecule has 0 spiro atoms. The van der Waals surface area contributed by atoms with E-state index in [0.717, 1.165) is 16.7 Å². The lowest BCUT2D eigenvalue weighted by Crippen LogP contribution is -2.13. The van der Waals surface area contributed by atoms with Gasteiger partial charge < -0.3 is 4.90 Å². The summed E-state index contributed by atoms with van der Waals surface area (Å²) in [7, 11) is 0. The predicted molar refractivity (Wildman–Crippen MR) is 113 cm³/mol. The number of carbonyl (C=O) groups is 1. The van der Waals surface area contributed by atoms with Gasteiger partial charge in [-0.1, -0.05) is 67.1 Å². The molecule has 0 bridgehead atoms. The summed E-state index contributed by atoms with van der Waals surface area (Å²) in [5.41, 5.74) is 3.12. The van der Waals surface area contributed by atoms with E-state index >= 15 is 0 Å². The quantitative estimate of drug-likeness (QED) is 0.314.